The molecule has 2 rings (SSSR count). The lowest BCUT2D eigenvalue weighted by molar-refractivity contribution is 0.0365. The van der Waals surface area contributed by atoms with Crippen molar-refractivity contribution in [3.63, 3.8) is 0 Å². The number of nitrogens with two attached hydrogens (primary N) is 1. The molecule has 0 amide bonds. The minimum atomic E-state index is 0.348. The zero-order valence-corrected chi connectivity index (χ0v) is 11.4. The van der Waals surface area contributed by atoms with Gasteiger partial charge in [0.2, 0.25) is 5.88 Å². The highest BCUT2D eigenvalue weighted by atomic mass is 16.5. The van der Waals surface area contributed by atoms with Gasteiger partial charge < -0.3 is 20.1 Å². The van der Waals surface area contributed by atoms with E-state index in [0.29, 0.717) is 18.5 Å². The maximum absolute atomic E-state index is 5.79. The fourth-order valence-corrected chi connectivity index (χ4v) is 2.17. The smallest absolute Gasteiger partial charge is 0.233 e. The molecule has 0 aliphatic carbocycles. The standard InChI is InChI=1S/C13H22N4O2/c1-18-13-10-15-9-12(16-13)17-6-3-11(4-7-17)19-8-2-5-14/h9-11H,2-8,14H2,1H3. The molecule has 1 aromatic rings. The zero-order valence-electron chi connectivity index (χ0n) is 11.4. The second kappa shape index (κ2) is 7.25. The third-order valence-corrected chi connectivity index (χ3v) is 3.28. The van der Waals surface area contributed by atoms with Crippen molar-refractivity contribution in [2.24, 2.45) is 5.73 Å². The minimum Gasteiger partial charge on any atom is -0.480 e. The molecule has 0 unspecified atom stereocenters. The Labute approximate surface area is 113 Å². The average Bonchev–Trinajstić information content (AvgIpc) is 2.48. The zero-order chi connectivity index (χ0) is 13.5. The summed E-state index contributed by atoms with van der Waals surface area (Å²) in [7, 11) is 1.60. The Balaban J connectivity index is 1.82. The summed E-state index contributed by atoms with van der Waals surface area (Å²) < 4.78 is 10.9. The van der Waals surface area contributed by atoms with Crippen LogP contribution in [0.1, 0.15) is 19.3 Å². The Hall–Kier alpha value is -1.40. The van der Waals surface area contributed by atoms with Crippen LogP contribution >= 0.6 is 0 Å². The van der Waals surface area contributed by atoms with Crippen molar-refractivity contribution in [1.29, 1.82) is 0 Å². The molecule has 2 N–H and O–H groups in total. The molecule has 0 spiro atoms. The summed E-state index contributed by atoms with van der Waals surface area (Å²) >= 11 is 0. The first-order valence-corrected chi connectivity index (χ1v) is 6.76. The number of methoxy groups -OCH3 is 1. The molecule has 1 aliphatic rings. The molecular formula is C13H22N4O2. The van der Waals surface area contributed by atoms with Crippen molar-refractivity contribution in [1.82, 2.24) is 9.97 Å². The van der Waals surface area contributed by atoms with Gasteiger partial charge in [-0.05, 0) is 25.8 Å². The summed E-state index contributed by atoms with van der Waals surface area (Å²) in [6.07, 6.45) is 6.71. The van der Waals surface area contributed by atoms with Gasteiger partial charge in [-0.25, -0.2) is 0 Å². The molecule has 0 atom stereocenters. The first-order valence-electron chi connectivity index (χ1n) is 6.76. The molecule has 0 saturated carbocycles. The van der Waals surface area contributed by atoms with E-state index in [0.717, 1.165) is 44.8 Å². The Morgan fingerprint density at radius 3 is 2.84 bits per heavy atom. The van der Waals surface area contributed by atoms with E-state index in [9.17, 15) is 0 Å². The SMILES string of the molecule is COc1cncc(N2CCC(OCCCN)CC2)n1. The lowest BCUT2D eigenvalue weighted by Crippen LogP contribution is -2.37. The van der Waals surface area contributed by atoms with Crippen LogP contribution in [0.4, 0.5) is 5.82 Å². The van der Waals surface area contributed by atoms with Gasteiger partial charge in [0.05, 0.1) is 25.6 Å². The van der Waals surface area contributed by atoms with Gasteiger partial charge in [-0.3, -0.25) is 4.98 Å². The summed E-state index contributed by atoms with van der Waals surface area (Å²) in [6, 6.07) is 0. The molecule has 6 heteroatoms. The minimum absolute atomic E-state index is 0.348. The summed E-state index contributed by atoms with van der Waals surface area (Å²) in [5.41, 5.74) is 5.45. The second-order valence-corrected chi connectivity index (χ2v) is 4.62. The van der Waals surface area contributed by atoms with Crippen molar-refractivity contribution in [2.45, 2.75) is 25.4 Å². The Bertz CT molecular complexity index is 381. The molecule has 2 heterocycles. The largest absolute Gasteiger partial charge is 0.480 e. The monoisotopic (exact) mass is 266 g/mol. The van der Waals surface area contributed by atoms with Crippen molar-refractivity contribution in [3.05, 3.63) is 12.4 Å². The van der Waals surface area contributed by atoms with Gasteiger partial charge in [0.15, 0.2) is 5.82 Å². The van der Waals surface area contributed by atoms with Crippen molar-refractivity contribution in [2.75, 3.05) is 38.3 Å². The van der Waals surface area contributed by atoms with Crippen LogP contribution in [0.5, 0.6) is 5.88 Å². The molecular weight excluding hydrogens is 244 g/mol. The lowest BCUT2D eigenvalue weighted by Gasteiger charge is -2.32. The number of hydrogen-bond acceptors (Lipinski definition) is 6. The Morgan fingerprint density at radius 1 is 1.37 bits per heavy atom. The van der Waals surface area contributed by atoms with Crippen LogP contribution < -0.4 is 15.4 Å². The number of ether oxygens (including phenoxy) is 2. The fourth-order valence-electron chi connectivity index (χ4n) is 2.17. The molecule has 1 aliphatic heterocycles. The van der Waals surface area contributed by atoms with Crippen molar-refractivity contribution < 1.29 is 9.47 Å². The number of piperidine rings is 1. The van der Waals surface area contributed by atoms with Gasteiger partial charge in [-0.2, -0.15) is 4.98 Å². The topological polar surface area (TPSA) is 73.5 Å². The van der Waals surface area contributed by atoms with E-state index in [1.807, 2.05) is 0 Å². The first kappa shape index (κ1) is 14.0. The van der Waals surface area contributed by atoms with Crippen LogP contribution in [0.15, 0.2) is 12.4 Å². The van der Waals surface area contributed by atoms with E-state index in [1.165, 1.54) is 0 Å². The van der Waals surface area contributed by atoms with Gasteiger partial charge in [-0.15, -0.1) is 0 Å². The highest BCUT2D eigenvalue weighted by Crippen LogP contribution is 2.20. The summed E-state index contributed by atoms with van der Waals surface area (Å²) in [5, 5.41) is 0. The maximum Gasteiger partial charge on any atom is 0.233 e. The van der Waals surface area contributed by atoms with Crippen molar-refractivity contribution >= 4 is 5.82 Å². The molecule has 0 bridgehead atoms. The predicted molar refractivity (Wildman–Crippen MR) is 73.4 cm³/mol. The van der Waals surface area contributed by atoms with Gasteiger partial charge in [0, 0.05) is 19.7 Å². The van der Waals surface area contributed by atoms with Gasteiger partial charge in [0.1, 0.15) is 0 Å². The van der Waals surface area contributed by atoms with Gasteiger partial charge in [-0.1, -0.05) is 0 Å². The molecule has 19 heavy (non-hydrogen) atoms. The van der Waals surface area contributed by atoms with Gasteiger partial charge in [0.25, 0.3) is 0 Å². The number of anilines is 1. The first-order chi connectivity index (χ1) is 9.33. The molecule has 6 nitrogen and oxygen atoms in total. The van der Waals surface area contributed by atoms with E-state index in [2.05, 4.69) is 14.9 Å². The lowest BCUT2D eigenvalue weighted by atomic mass is 10.1. The van der Waals surface area contributed by atoms with Gasteiger partial charge >= 0.3 is 0 Å². The average molecular weight is 266 g/mol. The second-order valence-electron chi connectivity index (χ2n) is 4.62. The molecule has 1 saturated heterocycles. The van der Waals surface area contributed by atoms with Crippen LogP contribution in [0.25, 0.3) is 0 Å². The van der Waals surface area contributed by atoms with E-state index in [-0.39, 0.29) is 0 Å². The highest BCUT2D eigenvalue weighted by Gasteiger charge is 2.20. The third kappa shape index (κ3) is 4.04. The normalized spacial score (nSPS) is 16.6. The number of rotatable bonds is 6. The number of hydrogen-bond donors (Lipinski definition) is 1. The van der Waals surface area contributed by atoms with Crippen molar-refractivity contribution in [3.8, 4) is 5.88 Å². The van der Waals surface area contributed by atoms with Crippen LogP contribution in [0.3, 0.4) is 0 Å². The van der Waals surface area contributed by atoms with E-state index >= 15 is 0 Å². The van der Waals surface area contributed by atoms with Crippen LogP contribution in [0.2, 0.25) is 0 Å². The number of nitrogens with zero attached hydrogens (tertiary/aromatic N) is 3. The third-order valence-electron chi connectivity index (χ3n) is 3.28. The Morgan fingerprint density at radius 2 is 2.16 bits per heavy atom. The fraction of sp³-hybridized carbons (Fsp3) is 0.692. The molecule has 0 radical (unpaired) electrons. The summed E-state index contributed by atoms with van der Waals surface area (Å²) in [5.74, 6) is 1.43. The maximum atomic E-state index is 5.79. The molecule has 106 valence electrons. The summed E-state index contributed by atoms with van der Waals surface area (Å²) in [4.78, 5) is 10.8. The molecule has 1 fully saturated rings. The van der Waals surface area contributed by atoms with E-state index < -0.39 is 0 Å². The quantitative estimate of drug-likeness (QED) is 0.768. The highest BCUT2D eigenvalue weighted by molar-refractivity contribution is 5.38. The summed E-state index contributed by atoms with van der Waals surface area (Å²) in [6.45, 7) is 3.34. The predicted octanol–water partition coefficient (Wildman–Crippen LogP) is 0.819. The van der Waals surface area contributed by atoms with Crippen LogP contribution in [-0.2, 0) is 4.74 Å². The number of aromatic nitrogens is 2. The van der Waals surface area contributed by atoms with Crippen LogP contribution in [-0.4, -0.2) is 49.4 Å². The molecule has 1 aromatic heterocycles. The Kier molecular flexibility index (Phi) is 5.35. The van der Waals surface area contributed by atoms with E-state index in [1.54, 1.807) is 19.5 Å². The van der Waals surface area contributed by atoms with E-state index in [4.69, 9.17) is 15.2 Å². The molecule has 0 aromatic carbocycles. The van der Waals surface area contributed by atoms with Crippen LogP contribution in [0, 0.1) is 0 Å².